The van der Waals surface area contributed by atoms with Crippen molar-refractivity contribution >= 4 is 32.9 Å². The van der Waals surface area contributed by atoms with Crippen molar-refractivity contribution in [2.45, 2.75) is 41.5 Å². The first kappa shape index (κ1) is 23.2. The average molecular weight is 420 g/mol. The summed E-state index contributed by atoms with van der Waals surface area (Å²) in [6, 6.07) is 19.0. The zero-order chi connectivity index (χ0) is 22.1. The molecule has 0 amide bonds. The fraction of sp³-hybridized carbons (Fsp3) is 0.240. The molecule has 0 aliphatic heterocycles. The molecule has 3 aromatic carbocycles. The number of aryl methyl sites for hydroxylation is 2. The van der Waals surface area contributed by atoms with Gasteiger partial charge in [-0.15, -0.1) is 16.5 Å². The van der Waals surface area contributed by atoms with Crippen LogP contribution in [0.4, 0.5) is 11.4 Å². The van der Waals surface area contributed by atoms with Gasteiger partial charge < -0.3 is 5.11 Å². The van der Waals surface area contributed by atoms with E-state index in [1.54, 1.807) is 29.5 Å². The van der Waals surface area contributed by atoms with Crippen molar-refractivity contribution in [3.8, 4) is 16.3 Å². The summed E-state index contributed by atoms with van der Waals surface area (Å²) < 4.78 is 1.20. The number of fused-ring (bicyclic) bond motifs is 1. The van der Waals surface area contributed by atoms with E-state index in [1.165, 1.54) is 15.8 Å². The summed E-state index contributed by atoms with van der Waals surface area (Å²) in [6.07, 6.45) is 0. The molecule has 1 N–H and O–H groups in total. The van der Waals surface area contributed by atoms with E-state index in [0.717, 1.165) is 21.8 Å². The maximum absolute atomic E-state index is 9.73. The van der Waals surface area contributed by atoms with Gasteiger partial charge in [-0.05, 0) is 67.4 Å². The minimum atomic E-state index is 0.119. The van der Waals surface area contributed by atoms with Crippen LogP contribution in [0.2, 0.25) is 0 Å². The Kier molecular flexibility index (Phi) is 8.69. The van der Waals surface area contributed by atoms with Gasteiger partial charge in [-0.3, -0.25) is 0 Å². The molecular formula is C25H29N3OS. The molecule has 5 heteroatoms. The van der Waals surface area contributed by atoms with Crippen LogP contribution in [0.25, 0.3) is 20.8 Å². The summed E-state index contributed by atoms with van der Waals surface area (Å²) in [6.45, 7) is 12.2. The van der Waals surface area contributed by atoms with Crippen LogP contribution in [0.3, 0.4) is 0 Å². The largest absolute Gasteiger partial charge is 0.506 e. The van der Waals surface area contributed by atoms with E-state index in [1.807, 2.05) is 58.0 Å². The summed E-state index contributed by atoms with van der Waals surface area (Å²) in [5, 5.41) is 19.0. The van der Waals surface area contributed by atoms with Gasteiger partial charge in [0.2, 0.25) is 0 Å². The van der Waals surface area contributed by atoms with Crippen LogP contribution in [-0.4, -0.2) is 10.1 Å². The van der Waals surface area contributed by atoms with Crippen LogP contribution in [-0.2, 0) is 0 Å². The first-order valence-electron chi connectivity index (χ1n) is 10.3. The Morgan fingerprint density at radius 1 is 0.800 bits per heavy atom. The minimum Gasteiger partial charge on any atom is -0.506 e. The third-order valence-electron chi connectivity index (χ3n) is 4.35. The zero-order valence-electron chi connectivity index (χ0n) is 18.5. The number of hydrogen-bond acceptors (Lipinski definition) is 5. The third-order valence-corrected chi connectivity index (χ3v) is 5.42. The summed E-state index contributed by atoms with van der Waals surface area (Å²) in [7, 11) is 0. The topological polar surface area (TPSA) is 57.8 Å². The van der Waals surface area contributed by atoms with Gasteiger partial charge in [0.05, 0.1) is 15.9 Å². The van der Waals surface area contributed by atoms with Crippen LogP contribution in [0.5, 0.6) is 5.75 Å². The Bertz CT molecular complexity index is 1120. The van der Waals surface area contributed by atoms with Crippen LogP contribution in [0.15, 0.2) is 70.9 Å². The van der Waals surface area contributed by atoms with Crippen molar-refractivity contribution in [3.05, 3.63) is 71.8 Å². The number of rotatable bonds is 3. The molecule has 1 aromatic heterocycles. The van der Waals surface area contributed by atoms with Gasteiger partial charge in [-0.1, -0.05) is 45.9 Å². The number of nitrogens with zero attached hydrogens (tertiary/aromatic N) is 3. The summed E-state index contributed by atoms with van der Waals surface area (Å²) in [5.41, 5.74) is 5.81. The molecule has 30 heavy (non-hydrogen) atoms. The van der Waals surface area contributed by atoms with Gasteiger partial charge >= 0.3 is 0 Å². The van der Waals surface area contributed by atoms with Crippen molar-refractivity contribution in [1.29, 1.82) is 0 Å². The van der Waals surface area contributed by atoms with E-state index in [-0.39, 0.29) is 5.75 Å². The highest BCUT2D eigenvalue weighted by Gasteiger charge is 2.09. The SMILES string of the molecule is CC.CC.Cc1ccc2sc(-c3ccc(N=Nc4ccccc4O)cc3)nc2c1C. The van der Waals surface area contributed by atoms with Crippen molar-refractivity contribution in [1.82, 2.24) is 4.98 Å². The molecular weight excluding hydrogens is 390 g/mol. The van der Waals surface area contributed by atoms with Crippen molar-refractivity contribution in [2.75, 3.05) is 0 Å². The second-order valence-corrected chi connectivity index (χ2v) is 7.14. The molecule has 4 aromatic rings. The summed E-state index contributed by atoms with van der Waals surface area (Å²) in [4.78, 5) is 4.81. The van der Waals surface area contributed by atoms with Gasteiger partial charge in [0.15, 0.2) is 0 Å². The molecule has 0 radical (unpaired) electrons. The molecule has 0 saturated heterocycles. The van der Waals surface area contributed by atoms with Gasteiger partial charge in [0, 0.05) is 5.56 Å². The monoisotopic (exact) mass is 419 g/mol. The number of aromatic nitrogens is 1. The van der Waals surface area contributed by atoms with Crippen molar-refractivity contribution < 1.29 is 5.11 Å². The number of thiazole rings is 1. The van der Waals surface area contributed by atoms with E-state index in [0.29, 0.717) is 5.69 Å². The van der Waals surface area contributed by atoms with E-state index in [9.17, 15) is 5.11 Å². The maximum atomic E-state index is 9.73. The molecule has 1 heterocycles. The molecule has 0 aliphatic rings. The Labute approximate surface area is 183 Å². The van der Waals surface area contributed by atoms with Gasteiger partial charge in [0.1, 0.15) is 16.4 Å². The minimum absolute atomic E-state index is 0.119. The van der Waals surface area contributed by atoms with Crippen molar-refractivity contribution in [3.63, 3.8) is 0 Å². The number of phenols is 1. The molecule has 0 aliphatic carbocycles. The molecule has 0 unspecified atom stereocenters. The lowest BCUT2D eigenvalue weighted by atomic mass is 10.1. The third kappa shape index (κ3) is 5.30. The molecule has 156 valence electrons. The van der Waals surface area contributed by atoms with Gasteiger partial charge in [-0.25, -0.2) is 4.98 Å². The van der Waals surface area contributed by atoms with Crippen LogP contribution in [0.1, 0.15) is 38.8 Å². The number of para-hydroxylation sites is 1. The number of benzene rings is 3. The molecule has 0 atom stereocenters. The second kappa shape index (κ2) is 11.2. The standard InChI is InChI=1S/C21H17N3OS.2C2H6/c1-13-7-12-19-20(14(13)2)22-21(26-19)15-8-10-16(11-9-15)23-24-17-5-3-4-6-18(17)25;2*1-2/h3-12,25H,1-2H3;2*1-2H3. The van der Waals surface area contributed by atoms with Crippen molar-refractivity contribution in [2.24, 2.45) is 10.2 Å². The first-order chi connectivity index (χ1) is 14.6. The molecule has 4 nitrogen and oxygen atoms in total. The predicted molar refractivity (Wildman–Crippen MR) is 130 cm³/mol. The molecule has 0 saturated carbocycles. The quantitative estimate of drug-likeness (QED) is 0.337. The predicted octanol–water partition coefficient (Wildman–Crippen LogP) is 8.75. The van der Waals surface area contributed by atoms with Gasteiger partial charge in [-0.2, -0.15) is 5.11 Å². The number of azo groups is 1. The van der Waals surface area contributed by atoms with E-state index >= 15 is 0 Å². The second-order valence-electron chi connectivity index (χ2n) is 6.11. The number of phenolic OH excluding ortho intramolecular Hbond substituents is 1. The van der Waals surface area contributed by atoms with E-state index < -0.39 is 0 Å². The highest BCUT2D eigenvalue weighted by Crippen LogP contribution is 2.34. The smallest absolute Gasteiger partial charge is 0.143 e. The first-order valence-corrected chi connectivity index (χ1v) is 11.1. The lowest BCUT2D eigenvalue weighted by molar-refractivity contribution is 0.476. The normalized spacial score (nSPS) is 10.3. The van der Waals surface area contributed by atoms with Crippen LogP contribution in [0, 0.1) is 13.8 Å². The summed E-state index contributed by atoms with van der Waals surface area (Å²) in [5.74, 6) is 0.119. The average Bonchev–Trinajstić information content (AvgIpc) is 3.24. The molecule has 4 rings (SSSR count). The Hall–Kier alpha value is -3.05. The van der Waals surface area contributed by atoms with E-state index in [2.05, 4.69) is 36.2 Å². The molecule has 0 bridgehead atoms. The lowest BCUT2D eigenvalue weighted by Crippen LogP contribution is -1.82. The number of aromatic hydroxyl groups is 1. The Balaban J connectivity index is 0.000000757. The fourth-order valence-corrected chi connectivity index (χ4v) is 3.71. The molecule has 0 spiro atoms. The fourth-order valence-electron chi connectivity index (χ4n) is 2.68. The molecule has 0 fully saturated rings. The maximum Gasteiger partial charge on any atom is 0.143 e. The van der Waals surface area contributed by atoms with Gasteiger partial charge in [0.25, 0.3) is 0 Å². The van der Waals surface area contributed by atoms with Crippen LogP contribution >= 0.6 is 11.3 Å². The highest BCUT2D eigenvalue weighted by atomic mass is 32.1. The summed E-state index contributed by atoms with van der Waals surface area (Å²) >= 11 is 1.69. The van der Waals surface area contributed by atoms with E-state index in [4.69, 9.17) is 4.98 Å². The lowest BCUT2D eigenvalue weighted by Gasteiger charge is -1.99. The highest BCUT2D eigenvalue weighted by molar-refractivity contribution is 7.21. The Morgan fingerprint density at radius 2 is 1.47 bits per heavy atom. The Morgan fingerprint density at radius 3 is 2.13 bits per heavy atom. The number of hydrogen-bond donors (Lipinski definition) is 1. The van der Waals surface area contributed by atoms with Crippen LogP contribution < -0.4 is 0 Å². The zero-order valence-corrected chi connectivity index (χ0v) is 19.3.